The van der Waals surface area contributed by atoms with E-state index in [-0.39, 0.29) is 11.8 Å². The van der Waals surface area contributed by atoms with E-state index in [1.807, 2.05) is 55.4 Å². The molecule has 1 aromatic carbocycles. The number of anilines is 2. The van der Waals surface area contributed by atoms with E-state index in [1.165, 1.54) is 0 Å². The van der Waals surface area contributed by atoms with Gasteiger partial charge in [0, 0.05) is 38.8 Å². The predicted octanol–water partition coefficient (Wildman–Crippen LogP) is 2.73. The number of carbonyl (C=O) groups is 1. The van der Waals surface area contributed by atoms with Gasteiger partial charge in [-0.1, -0.05) is 29.8 Å². The van der Waals surface area contributed by atoms with Gasteiger partial charge in [0.2, 0.25) is 5.91 Å². The number of aromatic nitrogens is 2. The Balaban J connectivity index is 1.59. The van der Waals surface area contributed by atoms with E-state index in [4.69, 9.17) is 11.6 Å². The Labute approximate surface area is 159 Å². The van der Waals surface area contributed by atoms with Gasteiger partial charge in [-0.05, 0) is 36.6 Å². The van der Waals surface area contributed by atoms with E-state index in [0.717, 1.165) is 36.6 Å². The third-order valence-corrected chi connectivity index (χ3v) is 4.99. The van der Waals surface area contributed by atoms with Gasteiger partial charge in [-0.25, -0.2) is 0 Å². The molecular weight excluding hydrogens is 350 g/mol. The zero-order valence-corrected chi connectivity index (χ0v) is 15.9. The van der Waals surface area contributed by atoms with Crippen LogP contribution in [0.2, 0.25) is 5.02 Å². The maximum atomic E-state index is 12.6. The molecule has 0 radical (unpaired) electrons. The summed E-state index contributed by atoms with van der Waals surface area (Å²) in [5.74, 6) is 1.65. The molecule has 1 fully saturated rings. The van der Waals surface area contributed by atoms with Crippen LogP contribution >= 0.6 is 11.6 Å². The summed E-state index contributed by atoms with van der Waals surface area (Å²) in [6, 6.07) is 11.5. The lowest BCUT2D eigenvalue weighted by atomic mass is 9.97. The Morgan fingerprint density at radius 1 is 1.27 bits per heavy atom. The van der Waals surface area contributed by atoms with Crippen LogP contribution in [-0.4, -0.2) is 43.3 Å². The van der Waals surface area contributed by atoms with Crippen LogP contribution in [0.15, 0.2) is 36.4 Å². The summed E-state index contributed by atoms with van der Waals surface area (Å²) in [6.45, 7) is 2.00. The van der Waals surface area contributed by atoms with Crippen LogP contribution in [0.4, 0.5) is 11.6 Å². The number of benzene rings is 1. The highest BCUT2D eigenvalue weighted by Crippen LogP contribution is 2.22. The second kappa shape index (κ2) is 8.36. The fraction of sp³-hybridized carbons (Fsp3) is 0.421. The molecule has 2 heterocycles. The lowest BCUT2D eigenvalue weighted by Crippen LogP contribution is -2.43. The van der Waals surface area contributed by atoms with Gasteiger partial charge in [0.1, 0.15) is 0 Å². The van der Waals surface area contributed by atoms with Crippen molar-refractivity contribution < 1.29 is 4.79 Å². The van der Waals surface area contributed by atoms with Crippen molar-refractivity contribution in [2.75, 3.05) is 37.0 Å². The number of carbonyl (C=O) groups excluding carboxylic acids is 1. The maximum absolute atomic E-state index is 12.6. The molecule has 6 nitrogen and oxygen atoms in total. The quantitative estimate of drug-likeness (QED) is 0.873. The van der Waals surface area contributed by atoms with Crippen LogP contribution < -0.4 is 15.1 Å². The number of rotatable bonds is 5. The molecule has 1 aliphatic rings. The average Bonchev–Trinajstić information content (AvgIpc) is 2.67. The van der Waals surface area contributed by atoms with Gasteiger partial charge in [-0.2, -0.15) is 0 Å². The maximum Gasteiger partial charge on any atom is 0.225 e. The molecule has 1 aliphatic heterocycles. The Morgan fingerprint density at radius 3 is 2.77 bits per heavy atom. The minimum atomic E-state index is -0.0541. The fourth-order valence-corrected chi connectivity index (χ4v) is 3.30. The van der Waals surface area contributed by atoms with Crippen molar-refractivity contribution in [3.63, 3.8) is 0 Å². The highest BCUT2D eigenvalue weighted by atomic mass is 35.5. The number of halogens is 1. The van der Waals surface area contributed by atoms with E-state index in [2.05, 4.69) is 20.4 Å². The van der Waals surface area contributed by atoms with Crippen LogP contribution in [0.5, 0.6) is 0 Å². The summed E-state index contributed by atoms with van der Waals surface area (Å²) in [4.78, 5) is 16.6. The predicted molar refractivity (Wildman–Crippen MR) is 105 cm³/mol. The molecule has 0 saturated carbocycles. The molecule has 1 aromatic heterocycles. The van der Waals surface area contributed by atoms with E-state index >= 15 is 0 Å². The first-order chi connectivity index (χ1) is 12.5. The molecule has 1 unspecified atom stereocenters. The molecular formula is C19H24ClN5O. The van der Waals surface area contributed by atoms with Crippen LogP contribution in [0.3, 0.4) is 0 Å². The van der Waals surface area contributed by atoms with Gasteiger partial charge in [0.15, 0.2) is 11.6 Å². The van der Waals surface area contributed by atoms with Crippen molar-refractivity contribution in [1.29, 1.82) is 0 Å². The van der Waals surface area contributed by atoms with Crippen molar-refractivity contribution in [3.8, 4) is 0 Å². The molecule has 0 aliphatic carbocycles. The number of nitrogens with one attached hydrogen (secondary N) is 1. The van der Waals surface area contributed by atoms with Crippen LogP contribution in [-0.2, 0) is 11.3 Å². The monoisotopic (exact) mass is 373 g/mol. The van der Waals surface area contributed by atoms with Gasteiger partial charge in [0.05, 0.1) is 5.92 Å². The normalized spacial score (nSPS) is 17.0. The summed E-state index contributed by atoms with van der Waals surface area (Å²) < 4.78 is 0. The molecule has 0 spiro atoms. The Bertz CT molecular complexity index is 750. The first kappa shape index (κ1) is 18.5. The average molecular weight is 374 g/mol. The lowest BCUT2D eigenvalue weighted by molar-refractivity contribution is -0.125. The van der Waals surface area contributed by atoms with Crippen molar-refractivity contribution in [3.05, 3.63) is 47.0 Å². The molecule has 1 N–H and O–H groups in total. The standard InChI is InChI=1S/C19H24ClN5O/c1-24(2)17-9-10-18(23-22-17)25-11-5-7-15(13-25)19(26)21-12-14-6-3-4-8-16(14)20/h3-4,6,8-10,15H,5,7,11-13H2,1-2H3,(H,21,26). The van der Waals surface area contributed by atoms with Crippen LogP contribution in [0.25, 0.3) is 0 Å². The Morgan fingerprint density at radius 2 is 2.08 bits per heavy atom. The van der Waals surface area contributed by atoms with Crippen molar-refractivity contribution in [2.24, 2.45) is 5.92 Å². The number of amides is 1. The first-order valence-corrected chi connectivity index (χ1v) is 9.19. The van der Waals surface area contributed by atoms with Crippen molar-refractivity contribution in [2.45, 2.75) is 19.4 Å². The third kappa shape index (κ3) is 4.43. The number of hydrogen-bond donors (Lipinski definition) is 1. The fourth-order valence-electron chi connectivity index (χ4n) is 3.09. The molecule has 1 saturated heterocycles. The van der Waals surface area contributed by atoms with Crippen LogP contribution in [0, 0.1) is 5.92 Å². The molecule has 1 amide bonds. The smallest absolute Gasteiger partial charge is 0.225 e. The van der Waals surface area contributed by atoms with E-state index in [9.17, 15) is 4.79 Å². The summed E-state index contributed by atoms with van der Waals surface area (Å²) in [5, 5.41) is 12.2. The largest absolute Gasteiger partial charge is 0.361 e. The van der Waals surface area contributed by atoms with Gasteiger partial charge < -0.3 is 15.1 Å². The summed E-state index contributed by atoms with van der Waals surface area (Å²) >= 11 is 6.15. The number of nitrogens with zero attached hydrogens (tertiary/aromatic N) is 4. The SMILES string of the molecule is CN(C)c1ccc(N2CCCC(C(=O)NCc3ccccc3Cl)C2)nn1. The molecule has 2 aromatic rings. The number of hydrogen-bond acceptors (Lipinski definition) is 5. The molecule has 1 atom stereocenters. The number of piperidine rings is 1. The van der Waals surface area contributed by atoms with Crippen molar-refractivity contribution in [1.82, 2.24) is 15.5 Å². The minimum absolute atomic E-state index is 0.0541. The minimum Gasteiger partial charge on any atom is -0.361 e. The van der Waals surface area contributed by atoms with Gasteiger partial charge in [-0.15, -0.1) is 10.2 Å². The topological polar surface area (TPSA) is 61.4 Å². The molecule has 7 heteroatoms. The van der Waals surface area contributed by atoms with E-state index in [1.54, 1.807) is 0 Å². The molecule has 26 heavy (non-hydrogen) atoms. The zero-order valence-electron chi connectivity index (χ0n) is 15.2. The molecule has 138 valence electrons. The Kier molecular flexibility index (Phi) is 5.93. The highest BCUT2D eigenvalue weighted by molar-refractivity contribution is 6.31. The van der Waals surface area contributed by atoms with Gasteiger partial charge in [-0.3, -0.25) is 4.79 Å². The van der Waals surface area contributed by atoms with Crippen LogP contribution in [0.1, 0.15) is 18.4 Å². The van der Waals surface area contributed by atoms with Gasteiger partial charge in [0.25, 0.3) is 0 Å². The zero-order chi connectivity index (χ0) is 18.5. The summed E-state index contributed by atoms with van der Waals surface area (Å²) in [7, 11) is 3.87. The van der Waals surface area contributed by atoms with Gasteiger partial charge >= 0.3 is 0 Å². The second-order valence-corrected chi connectivity index (χ2v) is 7.15. The molecule has 0 bridgehead atoms. The summed E-state index contributed by atoms with van der Waals surface area (Å²) in [6.07, 6.45) is 1.84. The van der Waals surface area contributed by atoms with E-state index in [0.29, 0.717) is 18.1 Å². The Hall–Kier alpha value is -2.34. The second-order valence-electron chi connectivity index (χ2n) is 6.74. The lowest BCUT2D eigenvalue weighted by Gasteiger charge is -2.32. The van der Waals surface area contributed by atoms with E-state index < -0.39 is 0 Å². The summed E-state index contributed by atoms with van der Waals surface area (Å²) in [5.41, 5.74) is 0.931. The first-order valence-electron chi connectivity index (χ1n) is 8.81. The highest BCUT2D eigenvalue weighted by Gasteiger charge is 2.26. The van der Waals surface area contributed by atoms with Crippen molar-refractivity contribution >= 4 is 29.1 Å². The molecule has 3 rings (SSSR count). The third-order valence-electron chi connectivity index (χ3n) is 4.62.